The smallest absolute Gasteiger partial charge is 0.262 e. The minimum absolute atomic E-state index is 0.0305. The number of hydrogen-bond donors (Lipinski definition) is 1. The fourth-order valence-electron chi connectivity index (χ4n) is 5.82. The number of rotatable bonds is 6. The summed E-state index contributed by atoms with van der Waals surface area (Å²) in [6.07, 6.45) is 8.82. The lowest BCUT2D eigenvalue weighted by Gasteiger charge is -2.35. The summed E-state index contributed by atoms with van der Waals surface area (Å²) in [4.78, 5) is 41.8. The van der Waals surface area contributed by atoms with Crippen LogP contribution in [0.25, 0.3) is 0 Å². The first-order chi connectivity index (χ1) is 13.3. The molecule has 4 atom stereocenters. The third-order valence-electron chi connectivity index (χ3n) is 7.31. The van der Waals surface area contributed by atoms with E-state index in [1.165, 1.54) is 25.7 Å². The molecule has 0 aromatic carbocycles. The summed E-state index contributed by atoms with van der Waals surface area (Å²) < 4.78 is -0.447. The highest BCUT2D eigenvalue weighted by molar-refractivity contribution is 8.16. The number of hydrogen-bond acceptors (Lipinski definition) is 4. The van der Waals surface area contributed by atoms with Crippen LogP contribution in [0.1, 0.15) is 64.7 Å². The van der Waals surface area contributed by atoms with Crippen LogP contribution in [0.5, 0.6) is 0 Å². The molecule has 2 heterocycles. The van der Waals surface area contributed by atoms with Crippen LogP contribution in [0.2, 0.25) is 0 Å². The summed E-state index contributed by atoms with van der Waals surface area (Å²) in [6, 6.07) is 0. The van der Waals surface area contributed by atoms with Gasteiger partial charge in [-0.3, -0.25) is 14.4 Å². The molecule has 1 saturated heterocycles. The lowest BCUT2D eigenvalue weighted by atomic mass is 9.86. The van der Waals surface area contributed by atoms with E-state index in [2.05, 4.69) is 4.99 Å². The summed E-state index contributed by atoms with van der Waals surface area (Å²) in [7, 11) is 0. The van der Waals surface area contributed by atoms with Crippen LogP contribution in [0.3, 0.4) is 0 Å². The van der Waals surface area contributed by atoms with Crippen molar-refractivity contribution in [2.45, 2.75) is 69.5 Å². The van der Waals surface area contributed by atoms with Gasteiger partial charge >= 0.3 is 0 Å². The summed E-state index contributed by atoms with van der Waals surface area (Å²) in [5.74, 6) is 2.20. The monoisotopic (exact) mass is 405 g/mol. The summed E-state index contributed by atoms with van der Waals surface area (Å²) in [6.45, 7) is 3.33. The van der Waals surface area contributed by atoms with E-state index in [1.54, 1.807) is 16.7 Å². The number of likely N-dealkylation sites (tertiary alicyclic amines) is 1. The van der Waals surface area contributed by atoms with E-state index < -0.39 is 10.7 Å². The number of carbonyl (C=O) groups excluding carboxylic acids is 3. The van der Waals surface area contributed by atoms with Gasteiger partial charge in [0.05, 0.1) is 5.04 Å². The largest absolute Gasteiger partial charge is 0.369 e. The van der Waals surface area contributed by atoms with E-state index in [1.807, 2.05) is 6.92 Å². The fraction of sp³-hybridized carbons (Fsp3) is 0.810. The maximum Gasteiger partial charge on any atom is 0.262 e. The minimum atomic E-state index is -0.576. The molecular weight excluding hydrogens is 374 g/mol. The average molecular weight is 406 g/mol. The van der Waals surface area contributed by atoms with E-state index in [0.29, 0.717) is 19.0 Å². The van der Waals surface area contributed by atoms with Crippen LogP contribution in [-0.4, -0.2) is 45.5 Å². The molecule has 4 aliphatic rings. The Morgan fingerprint density at radius 3 is 2.57 bits per heavy atom. The maximum atomic E-state index is 12.7. The molecular formula is C21H31N3O3S. The van der Waals surface area contributed by atoms with Crippen molar-refractivity contribution in [1.29, 1.82) is 0 Å². The van der Waals surface area contributed by atoms with Crippen LogP contribution in [0.4, 0.5) is 0 Å². The molecule has 0 aromatic rings. The predicted molar refractivity (Wildman–Crippen MR) is 110 cm³/mol. The molecule has 0 spiro atoms. The zero-order valence-electron chi connectivity index (χ0n) is 16.7. The highest BCUT2D eigenvalue weighted by Crippen LogP contribution is 2.51. The van der Waals surface area contributed by atoms with Crippen LogP contribution < -0.4 is 5.73 Å². The number of amides is 3. The molecule has 2 aliphatic heterocycles. The normalized spacial score (nSPS) is 35.5. The van der Waals surface area contributed by atoms with Crippen molar-refractivity contribution in [2.75, 3.05) is 13.1 Å². The van der Waals surface area contributed by atoms with Crippen molar-refractivity contribution in [2.24, 2.45) is 34.4 Å². The van der Waals surface area contributed by atoms with Gasteiger partial charge in [0, 0.05) is 13.1 Å². The zero-order valence-corrected chi connectivity index (χ0v) is 17.5. The van der Waals surface area contributed by atoms with Crippen molar-refractivity contribution in [3.63, 3.8) is 0 Å². The minimum Gasteiger partial charge on any atom is -0.369 e. The molecule has 0 aromatic heterocycles. The number of primary amides is 1. The number of aliphatic imine (C=N–C) groups is 1. The van der Waals surface area contributed by atoms with Crippen molar-refractivity contribution in [1.82, 2.24) is 4.90 Å². The molecule has 2 N–H and O–H groups in total. The van der Waals surface area contributed by atoms with Crippen LogP contribution in [-0.2, 0) is 14.4 Å². The Labute approximate surface area is 171 Å². The van der Waals surface area contributed by atoms with Gasteiger partial charge in [0.25, 0.3) is 5.91 Å². The second-order valence-electron chi connectivity index (χ2n) is 9.45. The van der Waals surface area contributed by atoms with E-state index in [0.717, 1.165) is 48.5 Å². The van der Waals surface area contributed by atoms with Gasteiger partial charge in [0.1, 0.15) is 11.2 Å². The molecule has 1 unspecified atom stereocenters. The van der Waals surface area contributed by atoms with Gasteiger partial charge in [0.15, 0.2) is 0 Å². The van der Waals surface area contributed by atoms with E-state index in [4.69, 9.17) is 5.73 Å². The van der Waals surface area contributed by atoms with Gasteiger partial charge in [0.2, 0.25) is 11.8 Å². The lowest BCUT2D eigenvalue weighted by Crippen LogP contribution is -2.42. The first kappa shape index (κ1) is 19.9. The molecule has 7 heteroatoms. The summed E-state index contributed by atoms with van der Waals surface area (Å²) in [5.41, 5.74) is 5.12. The zero-order chi connectivity index (χ0) is 19.9. The van der Waals surface area contributed by atoms with Gasteiger partial charge in [-0.15, -0.1) is 0 Å². The van der Waals surface area contributed by atoms with E-state index >= 15 is 0 Å². The van der Waals surface area contributed by atoms with Gasteiger partial charge in [-0.1, -0.05) is 18.2 Å². The summed E-state index contributed by atoms with van der Waals surface area (Å²) in [5, 5.41) is 1.05. The first-order valence-corrected chi connectivity index (χ1v) is 11.5. The summed E-state index contributed by atoms with van der Waals surface area (Å²) >= 11 is 1.70. The highest BCUT2D eigenvalue weighted by Gasteiger charge is 2.45. The molecule has 28 heavy (non-hydrogen) atoms. The maximum absolute atomic E-state index is 12.7. The molecule has 2 bridgehead atoms. The van der Waals surface area contributed by atoms with Crippen LogP contribution in [0, 0.1) is 23.7 Å². The highest BCUT2D eigenvalue weighted by atomic mass is 32.2. The topological polar surface area (TPSA) is 92.8 Å². The Balaban J connectivity index is 1.27. The average Bonchev–Trinajstić information content (AvgIpc) is 3.30. The van der Waals surface area contributed by atoms with Crippen molar-refractivity contribution in [3.8, 4) is 0 Å². The van der Waals surface area contributed by atoms with Crippen molar-refractivity contribution in [3.05, 3.63) is 0 Å². The third-order valence-corrected chi connectivity index (χ3v) is 8.60. The van der Waals surface area contributed by atoms with Gasteiger partial charge in [-0.05, 0) is 75.5 Å². The SMILES string of the molecule is CC1(CC2CCN(C(=O)CC(N)=O)CC2)SC(C[C@H]2C[C@@H]3CC[C@H]2C3)=NC1=O. The number of nitrogens with two attached hydrogens (primary N) is 1. The van der Waals surface area contributed by atoms with E-state index in [9.17, 15) is 14.4 Å². The van der Waals surface area contributed by atoms with Gasteiger partial charge in [-0.25, -0.2) is 4.99 Å². The molecule has 3 amide bonds. The van der Waals surface area contributed by atoms with E-state index in [-0.39, 0.29) is 18.2 Å². The van der Waals surface area contributed by atoms with Gasteiger partial charge in [-0.2, -0.15) is 0 Å². The van der Waals surface area contributed by atoms with Crippen molar-refractivity contribution < 1.29 is 14.4 Å². The number of fused-ring (bicyclic) bond motifs is 2. The second kappa shape index (κ2) is 7.81. The number of nitrogens with zero attached hydrogens (tertiary/aromatic N) is 2. The molecule has 4 rings (SSSR count). The Bertz CT molecular complexity index is 701. The van der Waals surface area contributed by atoms with Crippen LogP contribution in [0.15, 0.2) is 4.99 Å². The third kappa shape index (κ3) is 4.14. The Morgan fingerprint density at radius 2 is 1.96 bits per heavy atom. The Morgan fingerprint density at radius 1 is 1.21 bits per heavy atom. The molecule has 6 nitrogen and oxygen atoms in total. The Hall–Kier alpha value is -1.37. The van der Waals surface area contributed by atoms with Crippen molar-refractivity contribution >= 4 is 34.5 Å². The second-order valence-corrected chi connectivity index (χ2v) is 11.0. The number of piperidine rings is 1. The molecule has 2 saturated carbocycles. The lowest BCUT2D eigenvalue weighted by molar-refractivity contribution is -0.136. The molecule has 0 radical (unpaired) electrons. The Kier molecular flexibility index (Phi) is 5.55. The van der Waals surface area contributed by atoms with Gasteiger partial charge < -0.3 is 10.6 Å². The number of thioether (sulfide) groups is 1. The molecule has 2 aliphatic carbocycles. The molecule has 154 valence electrons. The number of carbonyl (C=O) groups is 3. The first-order valence-electron chi connectivity index (χ1n) is 10.7. The quantitative estimate of drug-likeness (QED) is 0.688. The predicted octanol–water partition coefficient (Wildman–Crippen LogP) is 2.75. The fourth-order valence-corrected chi connectivity index (χ4v) is 7.22. The molecule has 3 fully saturated rings. The standard InChI is InChI=1S/C21H31N3O3S/c1-21(12-13-4-6-24(7-5-13)19(26)11-17(22)25)20(27)23-18(28-21)10-16-9-14-2-3-15(16)8-14/h13-16H,2-12H2,1H3,(H2,22,25)/t14-,15+,16-,21?/m1/s1. The van der Waals surface area contributed by atoms with Crippen LogP contribution >= 0.6 is 11.8 Å².